The van der Waals surface area contributed by atoms with E-state index in [1.165, 1.54) is 6.07 Å². The molecule has 1 saturated heterocycles. The Morgan fingerprint density at radius 2 is 2.00 bits per heavy atom. The van der Waals surface area contributed by atoms with Gasteiger partial charge in [0.1, 0.15) is 5.82 Å². The number of halogens is 3. The fourth-order valence-electron chi connectivity index (χ4n) is 3.18. The van der Waals surface area contributed by atoms with Gasteiger partial charge in [0.15, 0.2) is 0 Å². The number of thiazole rings is 1. The van der Waals surface area contributed by atoms with Gasteiger partial charge in [-0.1, -0.05) is 11.3 Å². The van der Waals surface area contributed by atoms with Crippen LogP contribution < -0.4 is 9.77 Å². The maximum absolute atomic E-state index is 12.7. The van der Waals surface area contributed by atoms with Crippen LogP contribution in [0.1, 0.15) is 24.1 Å². The number of carbonyl (C=O) groups is 1. The van der Waals surface area contributed by atoms with Crippen LogP contribution in [-0.4, -0.2) is 46.5 Å². The number of nitrogens with zero attached hydrogens (tertiary/aromatic N) is 4. The van der Waals surface area contributed by atoms with Crippen molar-refractivity contribution in [2.75, 3.05) is 31.1 Å². The minimum atomic E-state index is -4.41. The Kier molecular flexibility index (Phi) is 6.07. The summed E-state index contributed by atoms with van der Waals surface area (Å²) in [5.74, 6) is 0.447. The van der Waals surface area contributed by atoms with Gasteiger partial charge in [-0.3, -0.25) is 9.59 Å². The Morgan fingerprint density at radius 1 is 1.21 bits per heavy atom. The minimum absolute atomic E-state index is 0.0280. The molecule has 0 spiro atoms. The summed E-state index contributed by atoms with van der Waals surface area (Å²) in [6.07, 6.45) is -2.62. The van der Waals surface area contributed by atoms with Crippen LogP contribution >= 0.6 is 11.3 Å². The van der Waals surface area contributed by atoms with Gasteiger partial charge < -0.3 is 14.4 Å². The standard InChI is InChI=1S/C18H21F3N4O2S/c1-13-12-28-17(27)25(13)8-5-16(26)24-7-2-6-23(9-10-24)15-4-3-14(11-22-15)18(19,20)21/h3-4,11-12H,2,5-10H2,1H3. The third-order valence-corrected chi connectivity index (χ3v) is 5.65. The Morgan fingerprint density at radius 3 is 2.61 bits per heavy atom. The molecule has 1 aliphatic heterocycles. The smallest absolute Gasteiger partial charge is 0.355 e. The zero-order valence-electron chi connectivity index (χ0n) is 15.4. The highest BCUT2D eigenvalue weighted by atomic mass is 32.1. The van der Waals surface area contributed by atoms with Gasteiger partial charge in [0, 0.05) is 56.4 Å². The number of alkyl halides is 3. The number of anilines is 1. The Labute approximate surface area is 164 Å². The number of aromatic nitrogens is 2. The lowest BCUT2D eigenvalue weighted by Crippen LogP contribution is -2.36. The molecule has 3 heterocycles. The Hall–Kier alpha value is -2.36. The predicted molar refractivity (Wildman–Crippen MR) is 101 cm³/mol. The van der Waals surface area contributed by atoms with E-state index in [-0.39, 0.29) is 17.2 Å². The number of amides is 1. The van der Waals surface area contributed by atoms with Gasteiger partial charge in [0.2, 0.25) is 5.91 Å². The topological polar surface area (TPSA) is 58.4 Å². The lowest BCUT2D eigenvalue weighted by atomic mass is 10.2. The number of hydrogen-bond donors (Lipinski definition) is 0. The van der Waals surface area contributed by atoms with Gasteiger partial charge in [0.25, 0.3) is 0 Å². The van der Waals surface area contributed by atoms with Crippen molar-refractivity contribution in [1.82, 2.24) is 14.5 Å². The molecule has 1 aliphatic rings. The van der Waals surface area contributed by atoms with E-state index in [4.69, 9.17) is 0 Å². The first kappa shape index (κ1) is 20.4. The summed E-state index contributed by atoms with van der Waals surface area (Å²) >= 11 is 1.12. The second-order valence-corrected chi connectivity index (χ2v) is 7.49. The van der Waals surface area contributed by atoms with Crippen molar-refractivity contribution in [3.63, 3.8) is 0 Å². The third-order valence-electron chi connectivity index (χ3n) is 4.77. The summed E-state index contributed by atoms with van der Waals surface area (Å²) in [5.41, 5.74) is 0.0695. The number of carbonyl (C=O) groups excluding carboxylic acids is 1. The molecule has 0 saturated carbocycles. The van der Waals surface area contributed by atoms with Crippen LogP contribution in [0.3, 0.4) is 0 Å². The van der Waals surface area contributed by atoms with Crippen molar-refractivity contribution in [2.45, 2.75) is 32.5 Å². The summed E-state index contributed by atoms with van der Waals surface area (Å²) < 4.78 is 39.6. The second kappa shape index (κ2) is 8.34. The van der Waals surface area contributed by atoms with Crippen LogP contribution in [-0.2, 0) is 17.5 Å². The summed E-state index contributed by atoms with van der Waals surface area (Å²) in [5, 5.41) is 1.77. The van der Waals surface area contributed by atoms with Crippen molar-refractivity contribution in [1.29, 1.82) is 0 Å². The molecule has 0 unspecified atom stereocenters. The highest BCUT2D eigenvalue weighted by Gasteiger charge is 2.31. The third kappa shape index (κ3) is 4.73. The summed E-state index contributed by atoms with van der Waals surface area (Å²) in [6.45, 7) is 4.36. The first-order valence-corrected chi connectivity index (χ1v) is 9.84. The number of aryl methyl sites for hydroxylation is 1. The van der Waals surface area contributed by atoms with Crippen molar-refractivity contribution < 1.29 is 18.0 Å². The molecule has 2 aromatic heterocycles. The molecule has 1 fully saturated rings. The monoisotopic (exact) mass is 414 g/mol. The SMILES string of the molecule is Cc1csc(=O)n1CCC(=O)N1CCCN(c2ccc(C(F)(F)F)cn2)CC1. The van der Waals surface area contributed by atoms with E-state index >= 15 is 0 Å². The van der Waals surface area contributed by atoms with Crippen molar-refractivity contribution in [2.24, 2.45) is 0 Å². The molecular weight excluding hydrogens is 393 g/mol. The predicted octanol–water partition coefficient (Wildman–Crippen LogP) is 2.76. The van der Waals surface area contributed by atoms with E-state index < -0.39 is 11.7 Å². The molecule has 3 rings (SSSR count). The molecule has 28 heavy (non-hydrogen) atoms. The second-order valence-electron chi connectivity index (χ2n) is 6.67. The molecule has 0 atom stereocenters. The first-order valence-electron chi connectivity index (χ1n) is 8.96. The van der Waals surface area contributed by atoms with Gasteiger partial charge in [0.05, 0.1) is 5.56 Å². The quantitative estimate of drug-likeness (QED) is 0.772. The maximum Gasteiger partial charge on any atom is 0.417 e. The molecule has 0 bridgehead atoms. The largest absolute Gasteiger partial charge is 0.417 e. The Balaban J connectivity index is 1.57. The lowest BCUT2D eigenvalue weighted by molar-refractivity contribution is -0.137. The first-order chi connectivity index (χ1) is 13.3. The normalized spacial score (nSPS) is 15.6. The van der Waals surface area contributed by atoms with E-state index in [9.17, 15) is 22.8 Å². The van der Waals surface area contributed by atoms with E-state index in [0.29, 0.717) is 45.0 Å². The number of pyridine rings is 1. The Bertz CT molecular complexity index is 876. The van der Waals surface area contributed by atoms with Crippen LogP contribution in [0.4, 0.5) is 19.0 Å². The maximum atomic E-state index is 12.7. The molecule has 152 valence electrons. The number of hydrogen-bond acceptors (Lipinski definition) is 5. The molecule has 0 N–H and O–H groups in total. The molecule has 10 heteroatoms. The molecular formula is C18H21F3N4O2S. The van der Waals surface area contributed by atoms with Crippen LogP contribution in [0, 0.1) is 6.92 Å². The highest BCUT2D eigenvalue weighted by Crippen LogP contribution is 2.29. The fraction of sp³-hybridized carbons (Fsp3) is 0.500. The average Bonchev–Trinajstić information content (AvgIpc) is 2.86. The van der Waals surface area contributed by atoms with Crippen LogP contribution in [0.5, 0.6) is 0 Å². The van der Waals surface area contributed by atoms with E-state index in [1.54, 1.807) is 14.8 Å². The summed E-state index contributed by atoms with van der Waals surface area (Å²) in [7, 11) is 0. The molecule has 0 aromatic carbocycles. The average molecular weight is 414 g/mol. The van der Waals surface area contributed by atoms with E-state index in [2.05, 4.69) is 4.98 Å². The van der Waals surface area contributed by atoms with Crippen LogP contribution in [0.2, 0.25) is 0 Å². The van der Waals surface area contributed by atoms with Crippen molar-refractivity contribution >= 4 is 23.1 Å². The molecule has 2 aromatic rings. The molecule has 0 radical (unpaired) electrons. The number of rotatable bonds is 4. The van der Waals surface area contributed by atoms with Crippen LogP contribution in [0.15, 0.2) is 28.5 Å². The van der Waals surface area contributed by atoms with Gasteiger partial charge in [-0.05, 0) is 25.5 Å². The van der Waals surface area contributed by atoms with Gasteiger partial charge >= 0.3 is 11.0 Å². The van der Waals surface area contributed by atoms with E-state index in [0.717, 1.165) is 29.3 Å². The summed E-state index contributed by atoms with van der Waals surface area (Å²) in [6, 6.07) is 2.39. The lowest BCUT2D eigenvalue weighted by Gasteiger charge is -2.23. The zero-order chi connectivity index (χ0) is 20.3. The zero-order valence-corrected chi connectivity index (χ0v) is 16.2. The van der Waals surface area contributed by atoms with Crippen LogP contribution in [0.25, 0.3) is 0 Å². The molecule has 0 aliphatic carbocycles. The minimum Gasteiger partial charge on any atom is -0.355 e. The molecule has 6 nitrogen and oxygen atoms in total. The highest BCUT2D eigenvalue weighted by molar-refractivity contribution is 7.07. The summed E-state index contributed by atoms with van der Waals surface area (Å²) in [4.78, 5) is 31.8. The van der Waals surface area contributed by atoms with Crippen molar-refractivity contribution in [3.8, 4) is 0 Å². The van der Waals surface area contributed by atoms with Gasteiger partial charge in [-0.2, -0.15) is 13.2 Å². The van der Waals surface area contributed by atoms with E-state index in [1.807, 2.05) is 11.8 Å². The van der Waals surface area contributed by atoms with Gasteiger partial charge in [-0.25, -0.2) is 4.98 Å². The molecule has 1 amide bonds. The van der Waals surface area contributed by atoms with Crippen molar-refractivity contribution in [3.05, 3.63) is 44.6 Å². The fourth-order valence-corrected chi connectivity index (χ4v) is 3.94. The van der Waals surface area contributed by atoms with Gasteiger partial charge in [-0.15, -0.1) is 0 Å².